The molecule has 0 radical (unpaired) electrons. The number of rotatable bonds is 7. The van der Waals surface area contributed by atoms with Crippen molar-refractivity contribution >= 4 is 11.8 Å². The number of benzene rings is 1. The zero-order valence-electron chi connectivity index (χ0n) is 11.1. The predicted octanol–water partition coefficient (Wildman–Crippen LogP) is 4.42. The molecule has 0 saturated heterocycles. The summed E-state index contributed by atoms with van der Waals surface area (Å²) in [5.74, 6) is 0. The van der Waals surface area contributed by atoms with E-state index in [0.717, 1.165) is 19.4 Å². The molecule has 1 N–H and O–H groups in total. The molecule has 1 rings (SSSR count). The molecule has 0 heterocycles. The van der Waals surface area contributed by atoms with E-state index in [1.165, 1.54) is 16.0 Å². The van der Waals surface area contributed by atoms with E-state index < -0.39 is 0 Å². The van der Waals surface area contributed by atoms with E-state index in [9.17, 15) is 0 Å². The van der Waals surface area contributed by atoms with Crippen molar-refractivity contribution in [2.24, 2.45) is 0 Å². The summed E-state index contributed by atoms with van der Waals surface area (Å²) in [6.07, 6.45) is 4.31. The van der Waals surface area contributed by atoms with Gasteiger partial charge in [0, 0.05) is 10.9 Å². The third-order valence-corrected chi connectivity index (χ3v) is 3.52. The maximum atomic E-state index is 4.04. The van der Waals surface area contributed by atoms with Gasteiger partial charge in [0.05, 0.1) is 0 Å². The lowest BCUT2D eigenvalue weighted by molar-refractivity contribution is 0.521. The molecule has 0 spiro atoms. The largest absolute Gasteiger partial charge is 0.310 e. The normalized spacial score (nSPS) is 12.4. The smallest absolute Gasteiger partial charge is 0.0368 e. The van der Waals surface area contributed by atoms with Gasteiger partial charge in [-0.05, 0) is 44.2 Å². The molecule has 1 aromatic carbocycles. The van der Waals surface area contributed by atoms with Crippen LogP contribution in [-0.2, 0) is 0 Å². The number of hydrogen-bond donors (Lipinski definition) is 1. The Bertz CT molecular complexity index is 360. The Morgan fingerprint density at radius 3 is 2.71 bits per heavy atom. The van der Waals surface area contributed by atoms with Gasteiger partial charge in [-0.25, -0.2) is 0 Å². The molecule has 17 heavy (non-hydrogen) atoms. The van der Waals surface area contributed by atoms with Gasteiger partial charge < -0.3 is 5.32 Å². The molecule has 0 bridgehead atoms. The molecule has 0 aliphatic heterocycles. The third kappa shape index (κ3) is 4.57. The topological polar surface area (TPSA) is 12.0 Å². The highest BCUT2D eigenvalue weighted by molar-refractivity contribution is 7.98. The lowest BCUT2D eigenvalue weighted by Gasteiger charge is -2.21. The molecule has 0 fully saturated rings. The van der Waals surface area contributed by atoms with Crippen LogP contribution in [0.5, 0.6) is 0 Å². The first-order chi connectivity index (χ1) is 8.19. The van der Waals surface area contributed by atoms with Crippen LogP contribution in [0.25, 0.3) is 0 Å². The van der Waals surface area contributed by atoms with Crippen LogP contribution in [0, 0.1) is 0 Å². The number of thioether (sulfide) groups is 1. The van der Waals surface area contributed by atoms with Gasteiger partial charge in [-0.15, -0.1) is 18.3 Å². The van der Waals surface area contributed by atoms with Crippen LogP contribution in [0.2, 0.25) is 0 Å². The lowest BCUT2D eigenvalue weighted by atomic mass is 10.00. The molecule has 0 aliphatic rings. The minimum absolute atomic E-state index is 0.399. The molecule has 0 aromatic heterocycles. The summed E-state index contributed by atoms with van der Waals surface area (Å²) in [5, 5.41) is 3.62. The quantitative estimate of drug-likeness (QED) is 0.567. The molecule has 94 valence electrons. The van der Waals surface area contributed by atoms with Crippen LogP contribution in [0.3, 0.4) is 0 Å². The van der Waals surface area contributed by atoms with Crippen LogP contribution in [0.4, 0.5) is 0 Å². The van der Waals surface area contributed by atoms with Gasteiger partial charge in [0.15, 0.2) is 0 Å². The van der Waals surface area contributed by atoms with Gasteiger partial charge in [0.1, 0.15) is 0 Å². The molecular weight excluding hydrogens is 226 g/mol. The summed E-state index contributed by atoms with van der Waals surface area (Å²) >= 11 is 1.81. The summed E-state index contributed by atoms with van der Waals surface area (Å²) in [6, 6.07) is 9.04. The Hall–Kier alpha value is -0.730. The lowest BCUT2D eigenvalue weighted by Crippen LogP contribution is -2.22. The fourth-order valence-electron chi connectivity index (χ4n) is 1.91. The fraction of sp³-hybridized carbons (Fsp3) is 0.467. The standard InChI is InChI=1S/C15H23NS/c1-5-10-16-14(11-12(2)3)13-8-6-7-9-15(13)17-4/h6-9,14,16H,2,5,10-11H2,1,3-4H3. The molecule has 1 aromatic rings. The van der Waals surface area contributed by atoms with E-state index in [2.05, 4.69) is 56.3 Å². The van der Waals surface area contributed by atoms with E-state index in [-0.39, 0.29) is 0 Å². The summed E-state index contributed by atoms with van der Waals surface area (Å²) in [5.41, 5.74) is 2.63. The average molecular weight is 249 g/mol. The van der Waals surface area contributed by atoms with Gasteiger partial charge in [-0.3, -0.25) is 0 Å². The maximum absolute atomic E-state index is 4.04. The van der Waals surface area contributed by atoms with Crippen molar-refractivity contribution in [3.05, 3.63) is 42.0 Å². The zero-order chi connectivity index (χ0) is 12.7. The van der Waals surface area contributed by atoms with E-state index in [1.807, 2.05) is 11.8 Å². The van der Waals surface area contributed by atoms with E-state index in [4.69, 9.17) is 0 Å². The Balaban J connectivity index is 2.90. The van der Waals surface area contributed by atoms with Crippen LogP contribution < -0.4 is 5.32 Å². The fourth-order valence-corrected chi connectivity index (χ4v) is 2.57. The van der Waals surface area contributed by atoms with E-state index in [1.54, 1.807) is 0 Å². The summed E-state index contributed by atoms with van der Waals surface area (Å²) in [6.45, 7) is 9.39. The number of hydrogen-bond acceptors (Lipinski definition) is 2. The first-order valence-corrected chi connectivity index (χ1v) is 7.42. The van der Waals surface area contributed by atoms with Crippen molar-refractivity contribution < 1.29 is 0 Å². The molecule has 1 nitrogen and oxygen atoms in total. The first-order valence-electron chi connectivity index (χ1n) is 6.19. The maximum Gasteiger partial charge on any atom is 0.0368 e. The van der Waals surface area contributed by atoms with Crippen molar-refractivity contribution in [3.8, 4) is 0 Å². The van der Waals surface area contributed by atoms with E-state index >= 15 is 0 Å². The molecule has 0 saturated carbocycles. The molecule has 0 amide bonds. The SMILES string of the molecule is C=C(C)CC(NCCC)c1ccccc1SC. The van der Waals surface area contributed by atoms with Gasteiger partial charge in [0.2, 0.25) is 0 Å². The summed E-state index contributed by atoms with van der Waals surface area (Å²) in [7, 11) is 0. The minimum Gasteiger partial charge on any atom is -0.310 e. The highest BCUT2D eigenvalue weighted by atomic mass is 32.2. The van der Waals surface area contributed by atoms with Gasteiger partial charge in [-0.2, -0.15) is 0 Å². The van der Waals surface area contributed by atoms with Crippen molar-refractivity contribution in [2.45, 2.75) is 37.6 Å². The average Bonchev–Trinajstić information content (AvgIpc) is 2.34. The van der Waals surface area contributed by atoms with Crippen molar-refractivity contribution in [1.82, 2.24) is 5.32 Å². The van der Waals surface area contributed by atoms with Crippen LogP contribution in [0.1, 0.15) is 38.3 Å². The Morgan fingerprint density at radius 2 is 2.12 bits per heavy atom. The summed E-state index contributed by atoms with van der Waals surface area (Å²) < 4.78 is 0. The second-order valence-electron chi connectivity index (χ2n) is 4.41. The summed E-state index contributed by atoms with van der Waals surface area (Å²) in [4.78, 5) is 1.36. The monoisotopic (exact) mass is 249 g/mol. The van der Waals surface area contributed by atoms with Crippen molar-refractivity contribution in [2.75, 3.05) is 12.8 Å². The minimum atomic E-state index is 0.399. The molecule has 1 unspecified atom stereocenters. The Kier molecular flexibility index (Phi) is 6.38. The Morgan fingerprint density at radius 1 is 1.41 bits per heavy atom. The molecular formula is C15H23NS. The molecule has 1 atom stereocenters. The number of nitrogens with one attached hydrogen (secondary N) is 1. The van der Waals surface area contributed by atoms with Crippen LogP contribution in [0.15, 0.2) is 41.3 Å². The van der Waals surface area contributed by atoms with Gasteiger partial charge >= 0.3 is 0 Å². The second-order valence-corrected chi connectivity index (χ2v) is 5.26. The van der Waals surface area contributed by atoms with E-state index in [0.29, 0.717) is 6.04 Å². The van der Waals surface area contributed by atoms with Gasteiger partial charge in [0.25, 0.3) is 0 Å². The molecule has 2 heteroatoms. The highest BCUT2D eigenvalue weighted by Gasteiger charge is 2.13. The highest BCUT2D eigenvalue weighted by Crippen LogP contribution is 2.29. The Labute approximate surface area is 110 Å². The third-order valence-electron chi connectivity index (χ3n) is 2.71. The first kappa shape index (κ1) is 14.3. The molecule has 0 aliphatic carbocycles. The second kappa shape index (κ2) is 7.57. The van der Waals surface area contributed by atoms with Gasteiger partial charge in [-0.1, -0.05) is 30.7 Å². The van der Waals surface area contributed by atoms with Crippen LogP contribution in [-0.4, -0.2) is 12.8 Å². The van der Waals surface area contributed by atoms with Crippen molar-refractivity contribution in [1.29, 1.82) is 0 Å². The van der Waals surface area contributed by atoms with Crippen molar-refractivity contribution in [3.63, 3.8) is 0 Å². The predicted molar refractivity (Wildman–Crippen MR) is 78.7 cm³/mol. The zero-order valence-corrected chi connectivity index (χ0v) is 11.9. The van der Waals surface area contributed by atoms with Crippen LogP contribution >= 0.6 is 11.8 Å².